The summed E-state index contributed by atoms with van der Waals surface area (Å²) < 4.78 is 24.6. The molecule has 48 heavy (non-hydrogen) atoms. The average Bonchev–Trinajstić information content (AvgIpc) is 3.28. The molecule has 267 valence electrons. The molecule has 0 aromatic heterocycles. The van der Waals surface area contributed by atoms with Gasteiger partial charge in [-0.15, -0.1) is 0 Å². The van der Waals surface area contributed by atoms with Gasteiger partial charge in [-0.1, -0.05) is 48.5 Å². The topological polar surface area (TPSA) is 107 Å². The standard InChI is InChI=1S/C39H59N2O7/c1-22(2)30(48-34(44)41-16-8-17-41)25-19-23(3)29-31(46-25)32(42)37(7)27-10-9-26-35(4,5)28(47-33(43)40-24-12-18-45-20-24)11-13-38(26)21-39(27,38)15-14-36(29,37)6/h22-24,26,28-30,32,42H,8-21H2,1-7H3,(H,40,43)/t23-,24+,26+,28?,29+,30-,32+,36-,37-,38-,39+/m1/s1. The second-order valence-electron chi connectivity index (χ2n) is 18.5. The Balaban J connectivity index is 1.02. The summed E-state index contributed by atoms with van der Waals surface area (Å²) in [7, 11) is 0. The van der Waals surface area contributed by atoms with Gasteiger partial charge in [-0.2, -0.15) is 0 Å². The van der Waals surface area contributed by atoms with Crippen molar-refractivity contribution < 1.29 is 33.6 Å². The number of carbonyl (C=O) groups is 2. The molecule has 2 amide bonds. The number of carbonyl (C=O) groups excluding carboxylic acids is 2. The number of hydrogen-bond acceptors (Lipinski definition) is 7. The van der Waals surface area contributed by atoms with E-state index in [0.29, 0.717) is 19.1 Å². The van der Waals surface area contributed by atoms with Crippen molar-refractivity contribution in [2.45, 2.75) is 137 Å². The van der Waals surface area contributed by atoms with E-state index in [4.69, 9.17) is 18.9 Å². The molecule has 11 atom stereocenters. The first kappa shape index (κ1) is 33.6. The summed E-state index contributed by atoms with van der Waals surface area (Å²) in [4.78, 5) is 27.6. The van der Waals surface area contributed by atoms with Gasteiger partial charge in [0.05, 0.1) is 18.8 Å². The Labute approximate surface area is 287 Å². The molecule has 8 rings (SSSR count). The third-order valence-corrected chi connectivity index (χ3v) is 15.8. The number of fused-ring (bicyclic) bond motifs is 4. The molecule has 0 aromatic carbocycles. The molecule has 5 saturated carbocycles. The van der Waals surface area contributed by atoms with Gasteiger partial charge in [0, 0.05) is 36.4 Å². The van der Waals surface area contributed by atoms with Gasteiger partial charge in [0.2, 0.25) is 0 Å². The Morgan fingerprint density at radius 2 is 1.83 bits per heavy atom. The number of ether oxygens (including phenoxy) is 4. The summed E-state index contributed by atoms with van der Waals surface area (Å²) in [6, 6.07) is 0.0442. The first-order valence-electron chi connectivity index (χ1n) is 19.2. The monoisotopic (exact) mass is 667 g/mol. The zero-order valence-electron chi connectivity index (χ0n) is 30.4. The number of hydrogen-bond donors (Lipinski definition) is 2. The highest BCUT2D eigenvalue weighted by atomic mass is 16.6. The minimum atomic E-state index is -0.693. The SMILES string of the molecule is CC(C)[C@@H](OC(=O)N1CCC1)[C]1C[C@@H](C)[C@H]2[C](O1)[C@H](O)[C@@]1(C)[C]3CC[C@H]4C(C)(C)C(OC(=O)N[C@H]5CCOC5)CC[C@@]45C[C@@]35CC[C@]21C. The van der Waals surface area contributed by atoms with Gasteiger partial charge in [-0.25, -0.2) is 9.59 Å². The van der Waals surface area contributed by atoms with Crippen LogP contribution >= 0.6 is 0 Å². The summed E-state index contributed by atoms with van der Waals surface area (Å²) in [6.07, 6.45) is 9.88. The fourth-order valence-electron chi connectivity index (χ4n) is 13.1. The number of aliphatic hydroxyl groups excluding tert-OH is 1. The molecular weight excluding hydrogens is 608 g/mol. The average molecular weight is 668 g/mol. The molecule has 3 heterocycles. The lowest BCUT2D eigenvalue weighted by atomic mass is 9.41. The van der Waals surface area contributed by atoms with E-state index in [1.54, 1.807) is 10.8 Å². The van der Waals surface area contributed by atoms with Gasteiger partial charge in [0.1, 0.15) is 24.4 Å². The number of likely N-dealkylation sites (tertiary alicyclic amines) is 1. The maximum atomic E-state index is 13.0. The molecular formula is C39H59N2O7. The van der Waals surface area contributed by atoms with Crippen molar-refractivity contribution in [1.29, 1.82) is 0 Å². The van der Waals surface area contributed by atoms with Gasteiger partial charge in [0.15, 0.2) is 0 Å². The number of amides is 2. The van der Waals surface area contributed by atoms with Crippen molar-refractivity contribution in [3.05, 3.63) is 18.1 Å². The quantitative estimate of drug-likeness (QED) is 0.331. The number of nitrogens with zero attached hydrogens (tertiary/aromatic N) is 1. The predicted octanol–water partition coefficient (Wildman–Crippen LogP) is 6.84. The van der Waals surface area contributed by atoms with Crippen LogP contribution in [0.2, 0.25) is 0 Å². The van der Waals surface area contributed by atoms with E-state index in [0.717, 1.165) is 83.1 Å². The first-order chi connectivity index (χ1) is 22.7. The van der Waals surface area contributed by atoms with Crippen LogP contribution < -0.4 is 5.32 Å². The van der Waals surface area contributed by atoms with Crippen LogP contribution in [0, 0.1) is 68.9 Å². The second kappa shape index (κ2) is 11.2. The molecule has 5 aliphatic carbocycles. The van der Waals surface area contributed by atoms with Crippen LogP contribution in [0.3, 0.4) is 0 Å². The lowest BCUT2D eigenvalue weighted by Crippen LogP contribution is -2.59. The van der Waals surface area contributed by atoms with Crippen molar-refractivity contribution in [2.75, 3.05) is 26.3 Å². The highest BCUT2D eigenvalue weighted by Gasteiger charge is 2.85. The Morgan fingerprint density at radius 3 is 2.50 bits per heavy atom. The van der Waals surface area contributed by atoms with E-state index < -0.39 is 12.2 Å². The third-order valence-electron chi connectivity index (χ3n) is 15.8. The number of aliphatic hydroxyl groups is 1. The number of alkyl carbamates (subject to hydrolysis) is 1. The highest BCUT2D eigenvalue weighted by Crippen LogP contribution is 2.90. The number of nitrogens with one attached hydrogen (secondary N) is 1. The molecule has 3 aliphatic heterocycles. The van der Waals surface area contributed by atoms with E-state index in [1.165, 1.54) is 6.42 Å². The molecule has 0 bridgehead atoms. The van der Waals surface area contributed by atoms with E-state index in [-0.39, 0.29) is 69.2 Å². The Morgan fingerprint density at radius 1 is 1.06 bits per heavy atom. The summed E-state index contributed by atoms with van der Waals surface area (Å²) in [5, 5.41) is 15.6. The summed E-state index contributed by atoms with van der Waals surface area (Å²) in [5.74, 6) is 2.57. The maximum absolute atomic E-state index is 13.0. The summed E-state index contributed by atoms with van der Waals surface area (Å²) >= 11 is 0. The van der Waals surface area contributed by atoms with Crippen molar-refractivity contribution in [1.82, 2.24) is 10.2 Å². The Hall–Kier alpha value is -1.58. The molecule has 3 saturated heterocycles. The normalized spacial score (nSPS) is 47.1. The zero-order chi connectivity index (χ0) is 34.0. The van der Waals surface area contributed by atoms with Gasteiger partial charge in [-0.05, 0) is 104 Å². The largest absolute Gasteiger partial charge is 0.446 e. The van der Waals surface area contributed by atoms with Crippen LogP contribution in [-0.4, -0.2) is 72.8 Å². The summed E-state index contributed by atoms with van der Waals surface area (Å²) in [5.41, 5.74) is -0.279. The van der Waals surface area contributed by atoms with E-state index >= 15 is 0 Å². The third kappa shape index (κ3) is 4.43. The predicted molar refractivity (Wildman–Crippen MR) is 179 cm³/mol. The Kier molecular flexibility index (Phi) is 7.84. The molecule has 2 N–H and O–H groups in total. The van der Waals surface area contributed by atoms with E-state index in [1.807, 2.05) is 0 Å². The highest BCUT2D eigenvalue weighted by molar-refractivity contribution is 5.69. The van der Waals surface area contributed by atoms with E-state index in [2.05, 4.69) is 53.8 Å². The molecule has 9 nitrogen and oxygen atoms in total. The molecule has 0 aromatic rings. The molecule has 3 radical (unpaired) electrons. The van der Waals surface area contributed by atoms with Crippen molar-refractivity contribution >= 4 is 12.2 Å². The maximum Gasteiger partial charge on any atom is 0.410 e. The lowest BCUT2D eigenvalue weighted by Gasteiger charge is -2.63. The Bertz CT molecular complexity index is 1300. The molecule has 1 unspecified atom stereocenters. The molecule has 8 fully saturated rings. The zero-order valence-corrected chi connectivity index (χ0v) is 30.4. The van der Waals surface area contributed by atoms with Crippen LogP contribution in [0.1, 0.15) is 113 Å². The summed E-state index contributed by atoms with van der Waals surface area (Å²) in [6.45, 7) is 18.7. The van der Waals surface area contributed by atoms with Crippen molar-refractivity contribution in [2.24, 2.45) is 50.7 Å². The molecule has 8 aliphatic rings. The van der Waals surface area contributed by atoms with Gasteiger partial charge in [-0.3, -0.25) is 0 Å². The fraction of sp³-hybridized carbons (Fsp3) is 0.872. The molecule has 9 heteroatoms. The van der Waals surface area contributed by atoms with Crippen LogP contribution in [0.15, 0.2) is 0 Å². The van der Waals surface area contributed by atoms with Crippen LogP contribution in [-0.2, 0) is 18.9 Å². The van der Waals surface area contributed by atoms with Gasteiger partial charge < -0.3 is 34.3 Å². The smallest absolute Gasteiger partial charge is 0.410 e. The minimum absolute atomic E-state index is 0.0442. The first-order valence-corrected chi connectivity index (χ1v) is 19.2. The van der Waals surface area contributed by atoms with Crippen LogP contribution in [0.4, 0.5) is 9.59 Å². The molecule has 2 spiro atoms. The lowest BCUT2D eigenvalue weighted by molar-refractivity contribution is -0.126. The van der Waals surface area contributed by atoms with Crippen molar-refractivity contribution in [3.63, 3.8) is 0 Å². The van der Waals surface area contributed by atoms with Crippen molar-refractivity contribution in [3.8, 4) is 0 Å². The van der Waals surface area contributed by atoms with Gasteiger partial charge >= 0.3 is 12.2 Å². The fourth-order valence-corrected chi connectivity index (χ4v) is 13.1. The van der Waals surface area contributed by atoms with Crippen LogP contribution in [0.25, 0.3) is 0 Å². The second-order valence-corrected chi connectivity index (χ2v) is 18.5. The van der Waals surface area contributed by atoms with E-state index in [9.17, 15) is 14.7 Å². The van der Waals surface area contributed by atoms with Crippen LogP contribution in [0.5, 0.6) is 0 Å². The van der Waals surface area contributed by atoms with Gasteiger partial charge in [0.25, 0.3) is 0 Å². The minimum Gasteiger partial charge on any atom is -0.446 e. The number of rotatable bonds is 5.